The lowest BCUT2D eigenvalue weighted by molar-refractivity contribution is 0.247. The molecule has 0 radical (unpaired) electrons. The fourth-order valence-electron chi connectivity index (χ4n) is 2.32. The van der Waals surface area contributed by atoms with E-state index >= 15 is 0 Å². The summed E-state index contributed by atoms with van der Waals surface area (Å²) in [4.78, 5) is 4.72. The Morgan fingerprint density at radius 1 is 1.44 bits per heavy atom. The molecule has 2 N–H and O–H groups in total. The summed E-state index contributed by atoms with van der Waals surface area (Å²) in [5.74, 6) is 0. The van der Waals surface area contributed by atoms with E-state index in [2.05, 4.69) is 25.1 Å². The number of hydrogen-bond acceptors (Lipinski definition) is 3. The number of aromatic nitrogens is 1. The maximum absolute atomic E-state index is 6.26. The van der Waals surface area contributed by atoms with Gasteiger partial charge in [-0.25, -0.2) is 4.98 Å². The van der Waals surface area contributed by atoms with Gasteiger partial charge >= 0.3 is 0 Å². The van der Waals surface area contributed by atoms with Crippen molar-refractivity contribution in [2.75, 3.05) is 0 Å². The number of benzene rings is 1. The third-order valence-electron chi connectivity index (χ3n) is 3.52. The minimum Gasteiger partial charge on any atom is -0.325 e. The first-order valence-corrected chi connectivity index (χ1v) is 6.62. The molecule has 1 fully saturated rings. The van der Waals surface area contributed by atoms with Gasteiger partial charge in [-0.3, -0.25) is 0 Å². The van der Waals surface area contributed by atoms with E-state index in [0.29, 0.717) is 0 Å². The number of thiazole rings is 1. The molecule has 1 aromatic heterocycles. The van der Waals surface area contributed by atoms with Crippen molar-refractivity contribution in [2.24, 2.45) is 5.73 Å². The van der Waals surface area contributed by atoms with Crippen molar-refractivity contribution in [1.29, 1.82) is 0 Å². The van der Waals surface area contributed by atoms with Gasteiger partial charge in [0.2, 0.25) is 0 Å². The molecule has 3 rings (SSSR count). The standard InChI is InChI=1S/C13H16N2S/c1-9-4-2-5-10-12(9)15-11(16-10)8-13(14)6-3-7-13/h2,4-5H,3,6-8,14H2,1H3. The van der Waals surface area contributed by atoms with E-state index in [1.54, 1.807) is 11.3 Å². The monoisotopic (exact) mass is 232 g/mol. The summed E-state index contributed by atoms with van der Waals surface area (Å²) in [5.41, 5.74) is 8.73. The lowest BCUT2D eigenvalue weighted by Gasteiger charge is -2.37. The van der Waals surface area contributed by atoms with Crippen LogP contribution in [0.2, 0.25) is 0 Å². The van der Waals surface area contributed by atoms with Crippen molar-refractivity contribution >= 4 is 21.6 Å². The van der Waals surface area contributed by atoms with Gasteiger partial charge in [-0.05, 0) is 37.8 Å². The molecule has 0 amide bonds. The Bertz CT molecular complexity index is 526. The number of nitrogens with two attached hydrogens (primary N) is 1. The number of para-hydroxylation sites is 1. The molecule has 1 aromatic carbocycles. The SMILES string of the molecule is Cc1cccc2sc(CC3(N)CCC3)nc12. The van der Waals surface area contributed by atoms with Crippen molar-refractivity contribution in [2.45, 2.75) is 38.1 Å². The number of nitrogens with zero attached hydrogens (tertiary/aromatic N) is 1. The van der Waals surface area contributed by atoms with Crippen molar-refractivity contribution in [3.05, 3.63) is 28.8 Å². The fourth-order valence-corrected chi connectivity index (χ4v) is 3.52. The summed E-state index contributed by atoms with van der Waals surface area (Å²) in [6, 6.07) is 6.36. The average Bonchev–Trinajstić information content (AvgIpc) is 2.59. The predicted octanol–water partition coefficient (Wildman–Crippen LogP) is 3.03. The Balaban J connectivity index is 1.96. The summed E-state index contributed by atoms with van der Waals surface area (Å²) in [5, 5.41) is 1.20. The van der Waals surface area contributed by atoms with Crippen LogP contribution >= 0.6 is 11.3 Å². The van der Waals surface area contributed by atoms with Gasteiger partial charge in [0, 0.05) is 12.0 Å². The molecule has 1 saturated carbocycles. The van der Waals surface area contributed by atoms with E-state index in [4.69, 9.17) is 10.7 Å². The predicted molar refractivity (Wildman–Crippen MR) is 68.8 cm³/mol. The maximum atomic E-state index is 6.26. The molecule has 0 unspecified atom stereocenters. The Kier molecular flexibility index (Phi) is 2.26. The summed E-state index contributed by atoms with van der Waals surface area (Å²) < 4.78 is 1.29. The van der Waals surface area contributed by atoms with Gasteiger partial charge < -0.3 is 5.73 Å². The molecule has 0 bridgehead atoms. The highest BCUT2D eigenvalue weighted by Gasteiger charge is 2.33. The van der Waals surface area contributed by atoms with E-state index in [9.17, 15) is 0 Å². The van der Waals surface area contributed by atoms with E-state index in [0.717, 1.165) is 24.8 Å². The first-order valence-electron chi connectivity index (χ1n) is 5.80. The first kappa shape index (κ1) is 10.2. The molecule has 16 heavy (non-hydrogen) atoms. The number of rotatable bonds is 2. The molecule has 0 saturated heterocycles. The van der Waals surface area contributed by atoms with Crippen LogP contribution in [0.3, 0.4) is 0 Å². The zero-order chi connectivity index (χ0) is 11.2. The van der Waals surface area contributed by atoms with Crippen LogP contribution in [0, 0.1) is 6.92 Å². The summed E-state index contributed by atoms with van der Waals surface area (Å²) >= 11 is 1.80. The first-order chi connectivity index (χ1) is 7.66. The molecule has 0 atom stereocenters. The maximum Gasteiger partial charge on any atom is 0.0957 e. The van der Waals surface area contributed by atoms with Crippen LogP contribution in [-0.4, -0.2) is 10.5 Å². The Labute approximate surface area is 99.5 Å². The van der Waals surface area contributed by atoms with Gasteiger partial charge in [0.25, 0.3) is 0 Å². The van der Waals surface area contributed by atoms with E-state index in [1.807, 2.05) is 0 Å². The zero-order valence-electron chi connectivity index (χ0n) is 9.49. The van der Waals surface area contributed by atoms with Crippen LogP contribution in [-0.2, 0) is 6.42 Å². The van der Waals surface area contributed by atoms with Crippen LogP contribution in [0.4, 0.5) is 0 Å². The quantitative estimate of drug-likeness (QED) is 0.864. The highest BCUT2D eigenvalue weighted by molar-refractivity contribution is 7.18. The molecule has 1 aliphatic rings. The lowest BCUT2D eigenvalue weighted by atomic mass is 9.75. The normalized spacial score (nSPS) is 18.6. The lowest BCUT2D eigenvalue weighted by Crippen LogP contribution is -2.48. The van der Waals surface area contributed by atoms with E-state index < -0.39 is 0 Å². The van der Waals surface area contributed by atoms with Crippen LogP contribution in [0.25, 0.3) is 10.2 Å². The van der Waals surface area contributed by atoms with Gasteiger partial charge in [-0.2, -0.15) is 0 Å². The third-order valence-corrected chi connectivity index (χ3v) is 4.54. The van der Waals surface area contributed by atoms with Crippen molar-refractivity contribution in [3.8, 4) is 0 Å². The molecule has 1 heterocycles. The van der Waals surface area contributed by atoms with E-state index in [-0.39, 0.29) is 5.54 Å². The molecule has 2 nitrogen and oxygen atoms in total. The van der Waals surface area contributed by atoms with Gasteiger partial charge in [0.15, 0.2) is 0 Å². The highest BCUT2D eigenvalue weighted by atomic mass is 32.1. The number of hydrogen-bond donors (Lipinski definition) is 1. The van der Waals surface area contributed by atoms with Crippen molar-refractivity contribution < 1.29 is 0 Å². The fraction of sp³-hybridized carbons (Fsp3) is 0.462. The molecule has 0 spiro atoms. The summed E-state index contributed by atoms with van der Waals surface area (Å²) in [6.07, 6.45) is 4.54. The molecule has 3 heteroatoms. The van der Waals surface area contributed by atoms with Crippen LogP contribution in [0.15, 0.2) is 18.2 Å². The zero-order valence-corrected chi connectivity index (χ0v) is 10.3. The van der Waals surface area contributed by atoms with Crippen molar-refractivity contribution in [1.82, 2.24) is 4.98 Å². The second kappa shape index (κ2) is 3.54. The smallest absolute Gasteiger partial charge is 0.0957 e. The van der Waals surface area contributed by atoms with Crippen LogP contribution in [0.5, 0.6) is 0 Å². The van der Waals surface area contributed by atoms with Crippen LogP contribution in [0.1, 0.15) is 29.8 Å². The summed E-state index contributed by atoms with van der Waals surface area (Å²) in [6.45, 7) is 2.12. The Hall–Kier alpha value is -0.930. The minimum atomic E-state index is 0.0434. The molecule has 2 aromatic rings. The largest absolute Gasteiger partial charge is 0.325 e. The molecule has 84 valence electrons. The Morgan fingerprint density at radius 2 is 2.25 bits per heavy atom. The second-order valence-electron chi connectivity index (χ2n) is 4.92. The van der Waals surface area contributed by atoms with Crippen molar-refractivity contribution in [3.63, 3.8) is 0 Å². The van der Waals surface area contributed by atoms with Crippen LogP contribution < -0.4 is 5.73 Å². The molecular weight excluding hydrogens is 216 g/mol. The highest BCUT2D eigenvalue weighted by Crippen LogP contribution is 2.34. The average molecular weight is 232 g/mol. The van der Waals surface area contributed by atoms with E-state index in [1.165, 1.54) is 21.7 Å². The molecular formula is C13H16N2S. The Morgan fingerprint density at radius 3 is 2.88 bits per heavy atom. The molecule has 0 aliphatic heterocycles. The number of aryl methyl sites for hydroxylation is 1. The van der Waals surface area contributed by atoms with Gasteiger partial charge in [0.05, 0.1) is 15.2 Å². The topological polar surface area (TPSA) is 38.9 Å². The number of fused-ring (bicyclic) bond motifs is 1. The van der Waals surface area contributed by atoms with Gasteiger partial charge in [0.1, 0.15) is 0 Å². The molecule has 1 aliphatic carbocycles. The minimum absolute atomic E-state index is 0.0434. The second-order valence-corrected chi connectivity index (χ2v) is 6.04. The third kappa shape index (κ3) is 1.64. The van der Waals surface area contributed by atoms with Gasteiger partial charge in [-0.1, -0.05) is 12.1 Å². The summed E-state index contributed by atoms with van der Waals surface area (Å²) in [7, 11) is 0. The van der Waals surface area contributed by atoms with Gasteiger partial charge in [-0.15, -0.1) is 11.3 Å².